The van der Waals surface area contributed by atoms with E-state index >= 15 is 0 Å². The smallest absolute Gasteiger partial charge is 0.167 e. The lowest BCUT2D eigenvalue weighted by Crippen LogP contribution is -2.24. The van der Waals surface area contributed by atoms with E-state index in [1.54, 1.807) is 6.92 Å². The average Bonchev–Trinajstić information content (AvgIpc) is 2.77. The molecule has 0 aliphatic carbocycles. The van der Waals surface area contributed by atoms with Crippen molar-refractivity contribution < 1.29 is 14.2 Å². The highest BCUT2D eigenvalue weighted by atomic mass is 19.1. The summed E-state index contributed by atoms with van der Waals surface area (Å²) in [5.41, 5.74) is 0.926. The van der Waals surface area contributed by atoms with Crippen molar-refractivity contribution in [2.45, 2.75) is 25.9 Å². The van der Waals surface area contributed by atoms with Crippen LogP contribution < -0.4 is 4.74 Å². The Morgan fingerprint density at radius 2 is 2.26 bits per heavy atom. The van der Waals surface area contributed by atoms with Gasteiger partial charge in [0.05, 0.1) is 12.7 Å². The molecular formula is C14H19FN2O2. The van der Waals surface area contributed by atoms with Crippen LogP contribution >= 0.6 is 0 Å². The van der Waals surface area contributed by atoms with Crippen LogP contribution in [0.1, 0.15) is 25.3 Å². The number of methoxy groups -OCH3 is 1. The van der Waals surface area contributed by atoms with Crippen molar-refractivity contribution in [1.82, 2.24) is 4.90 Å². The lowest BCUT2D eigenvalue weighted by atomic mass is 10.1. The summed E-state index contributed by atoms with van der Waals surface area (Å²) < 4.78 is 18.7. The number of benzene rings is 1. The molecule has 1 aromatic carbocycles. The van der Waals surface area contributed by atoms with Gasteiger partial charge in [-0.3, -0.25) is 9.89 Å². The third-order valence-electron chi connectivity index (χ3n) is 3.48. The molecule has 0 amide bonds. The van der Waals surface area contributed by atoms with Gasteiger partial charge < -0.3 is 9.84 Å². The Kier molecular flexibility index (Phi) is 4.04. The minimum absolute atomic E-state index is 0.0137. The van der Waals surface area contributed by atoms with Crippen LogP contribution in [-0.2, 0) is 0 Å². The molecule has 1 saturated heterocycles. The molecule has 19 heavy (non-hydrogen) atoms. The first kappa shape index (κ1) is 13.8. The number of phenolic OH excluding ortho intramolecular Hbond substituents is 1. The van der Waals surface area contributed by atoms with Crippen molar-refractivity contribution in [3.63, 3.8) is 0 Å². The summed E-state index contributed by atoms with van der Waals surface area (Å²) >= 11 is 0. The highest BCUT2D eigenvalue weighted by molar-refractivity contribution is 6.03. The molecule has 1 aliphatic rings. The van der Waals surface area contributed by atoms with Crippen LogP contribution in [0.15, 0.2) is 17.1 Å². The molecule has 2 rings (SSSR count). The molecule has 1 aromatic rings. The van der Waals surface area contributed by atoms with Gasteiger partial charge in [0.15, 0.2) is 11.6 Å². The zero-order chi connectivity index (χ0) is 14.0. The maximum atomic E-state index is 13.7. The maximum absolute atomic E-state index is 13.7. The van der Waals surface area contributed by atoms with Crippen LogP contribution in [0.4, 0.5) is 4.39 Å². The van der Waals surface area contributed by atoms with Crippen molar-refractivity contribution in [3.05, 3.63) is 23.5 Å². The molecular weight excluding hydrogens is 247 g/mol. The van der Waals surface area contributed by atoms with Crippen molar-refractivity contribution >= 4 is 5.71 Å². The predicted molar refractivity (Wildman–Crippen MR) is 72.5 cm³/mol. The van der Waals surface area contributed by atoms with E-state index in [-0.39, 0.29) is 17.7 Å². The van der Waals surface area contributed by atoms with E-state index in [4.69, 9.17) is 4.74 Å². The van der Waals surface area contributed by atoms with Gasteiger partial charge >= 0.3 is 0 Å². The fourth-order valence-corrected chi connectivity index (χ4v) is 2.44. The second kappa shape index (κ2) is 5.57. The number of aliphatic imine (C=N–C) groups is 1. The molecule has 4 nitrogen and oxygen atoms in total. The zero-order valence-electron chi connectivity index (χ0n) is 11.5. The largest absolute Gasteiger partial charge is 0.507 e. The Balaban J connectivity index is 2.40. The van der Waals surface area contributed by atoms with Gasteiger partial charge in [0, 0.05) is 5.71 Å². The highest BCUT2D eigenvalue weighted by Crippen LogP contribution is 2.31. The molecule has 104 valence electrons. The number of halogens is 1. The van der Waals surface area contributed by atoms with Crippen LogP contribution in [0.5, 0.6) is 11.5 Å². The number of aromatic hydroxyl groups is 1. The third kappa shape index (κ3) is 2.71. The maximum Gasteiger partial charge on any atom is 0.167 e. The molecule has 0 aromatic heterocycles. The topological polar surface area (TPSA) is 45.1 Å². The number of likely N-dealkylation sites (tertiary alicyclic amines) is 1. The van der Waals surface area contributed by atoms with E-state index in [9.17, 15) is 9.50 Å². The first-order chi connectivity index (χ1) is 9.04. The summed E-state index contributed by atoms with van der Waals surface area (Å²) in [6, 6.07) is 2.51. The third-order valence-corrected chi connectivity index (χ3v) is 3.48. The Morgan fingerprint density at radius 3 is 2.84 bits per heavy atom. The summed E-state index contributed by atoms with van der Waals surface area (Å²) in [7, 11) is 3.40. The van der Waals surface area contributed by atoms with Gasteiger partial charge in [-0.1, -0.05) is 0 Å². The Bertz CT molecular complexity index is 502. The average molecular weight is 266 g/mol. The van der Waals surface area contributed by atoms with Crippen LogP contribution in [0.2, 0.25) is 0 Å². The fraction of sp³-hybridized carbons (Fsp3) is 0.500. The molecule has 0 bridgehead atoms. The molecule has 1 atom stereocenters. The van der Waals surface area contributed by atoms with Gasteiger partial charge in [-0.05, 0) is 45.5 Å². The summed E-state index contributed by atoms with van der Waals surface area (Å²) in [4.78, 5) is 6.72. The molecule has 1 N–H and O–H groups in total. The van der Waals surface area contributed by atoms with Gasteiger partial charge in [0.25, 0.3) is 0 Å². The van der Waals surface area contributed by atoms with E-state index in [0.29, 0.717) is 11.3 Å². The van der Waals surface area contributed by atoms with Gasteiger partial charge in [-0.15, -0.1) is 0 Å². The van der Waals surface area contributed by atoms with Crippen LogP contribution in [0.3, 0.4) is 0 Å². The molecule has 0 saturated carbocycles. The van der Waals surface area contributed by atoms with Crippen LogP contribution in [-0.4, -0.2) is 42.6 Å². The van der Waals surface area contributed by atoms with Crippen molar-refractivity contribution in [2.24, 2.45) is 4.99 Å². The van der Waals surface area contributed by atoms with Gasteiger partial charge in [-0.2, -0.15) is 0 Å². The molecule has 1 unspecified atom stereocenters. The Morgan fingerprint density at radius 1 is 1.53 bits per heavy atom. The van der Waals surface area contributed by atoms with E-state index in [0.717, 1.165) is 19.4 Å². The predicted octanol–water partition coefficient (Wildman–Crippen LogP) is 2.40. The summed E-state index contributed by atoms with van der Waals surface area (Å²) in [5.74, 6) is -0.466. The summed E-state index contributed by atoms with van der Waals surface area (Å²) in [6.07, 6.45) is 2.17. The van der Waals surface area contributed by atoms with E-state index in [1.807, 2.05) is 7.05 Å². The first-order valence-electron chi connectivity index (χ1n) is 6.35. The summed E-state index contributed by atoms with van der Waals surface area (Å²) in [5, 5.41) is 9.92. The number of rotatable bonds is 3. The van der Waals surface area contributed by atoms with Gasteiger partial charge in [0.1, 0.15) is 11.9 Å². The van der Waals surface area contributed by atoms with Crippen LogP contribution in [0.25, 0.3) is 0 Å². The lowest BCUT2D eigenvalue weighted by molar-refractivity contribution is 0.320. The first-order valence-corrected chi connectivity index (χ1v) is 6.35. The number of hydrogen-bond donors (Lipinski definition) is 1. The van der Waals surface area contributed by atoms with Gasteiger partial charge in [-0.25, -0.2) is 4.39 Å². The summed E-state index contributed by atoms with van der Waals surface area (Å²) in [6.45, 7) is 2.77. The normalized spacial score (nSPS) is 20.8. The van der Waals surface area contributed by atoms with E-state index in [1.165, 1.54) is 19.2 Å². The fourth-order valence-electron chi connectivity index (χ4n) is 2.44. The lowest BCUT2D eigenvalue weighted by Gasteiger charge is -2.17. The van der Waals surface area contributed by atoms with Gasteiger partial charge in [0.2, 0.25) is 0 Å². The Labute approximate surface area is 112 Å². The SMILES string of the molecule is COc1c(F)ccc(O)c1C(C)=NC1CCCN1C. The van der Waals surface area contributed by atoms with E-state index < -0.39 is 5.82 Å². The second-order valence-electron chi connectivity index (χ2n) is 4.79. The van der Waals surface area contributed by atoms with Crippen LogP contribution in [0, 0.1) is 5.82 Å². The highest BCUT2D eigenvalue weighted by Gasteiger charge is 2.22. The molecule has 1 aliphatic heterocycles. The second-order valence-corrected chi connectivity index (χ2v) is 4.79. The van der Waals surface area contributed by atoms with E-state index in [2.05, 4.69) is 9.89 Å². The molecule has 0 spiro atoms. The molecule has 1 fully saturated rings. The minimum Gasteiger partial charge on any atom is -0.507 e. The zero-order valence-corrected chi connectivity index (χ0v) is 11.5. The molecule has 5 heteroatoms. The molecule has 1 heterocycles. The van der Waals surface area contributed by atoms with Crippen molar-refractivity contribution in [3.8, 4) is 11.5 Å². The quantitative estimate of drug-likeness (QED) is 0.854. The number of phenols is 1. The minimum atomic E-state index is -0.496. The number of nitrogens with zero attached hydrogens (tertiary/aromatic N) is 2. The monoisotopic (exact) mass is 266 g/mol. The van der Waals surface area contributed by atoms with Crippen molar-refractivity contribution in [1.29, 1.82) is 0 Å². The van der Waals surface area contributed by atoms with Crippen molar-refractivity contribution in [2.75, 3.05) is 20.7 Å². The number of ether oxygens (including phenoxy) is 1. The standard InChI is InChI=1S/C14H19FN2O2/c1-9(16-12-5-4-8-17(12)2)13-11(18)7-6-10(15)14(13)19-3/h6-7,12,18H,4-5,8H2,1-3H3. The number of hydrogen-bond acceptors (Lipinski definition) is 4. The Hall–Kier alpha value is -1.62. The molecule has 0 radical (unpaired) electrons.